The van der Waals surface area contributed by atoms with Crippen LogP contribution in [0.2, 0.25) is 0 Å². The van der Waals surface area contributed by atoms with Crippen molar-refractivity contribution in [1.82, 2.24) is 14.7 Å². The van der Waals surface area contributed by atoms with Gasteiger partial charge in [0, 0.05) is 18.8 Å². The largest absolute Gasteiger partial charge is 0.468 e. The Labute approximate surface area is 182 Å². The van der Waals surface area contributed by atoms with Gasteiger partial charge in [0.25, 0.3) is 5.91 Å². The van der Waals surface area contributed by atoms with E-state index in [4.69, 9.17) is 4.74 Å². The Hall–Kier alpha value is -3.41. The van der Waals surface area contributed by atoms with Crippen LogP contribution in [0.4, 0.5) is 0 Å². The summed E-state index contributed by atoms with van der Waals surface area (Å²) in [4.78, 5) is 27.8. The zero-order valence-electron chi connectivity index (χ0n) is 18.0. The zero-order chi connectivity index (χ0) is 21.8. The van der Waals surface area contributed by atoms with Crippen molar-refractivity contribution in [3.63, 3.8) is 0 Å². The number of esters is 1. The summed E-state index contributed by atoms with van der Waals surface area (Å²) in [6.45, 7) is 3.54. The summed E-state index contributed by atoms with van der Waals surface area (Å²) in [5.74, 6) is -0.277. The number of carbonyl (C=O) groups is 2. The third-order valence-corrected chi connectivity index (χ3v) is 6.32. The summed E-state index contributed by atoms with van der Waals surface area (Å²) < 4.78 is 7.01. The minimum atomic E-state index is -0.709. The van der Waals surface area contributed by atoms with Crippen molar-refractivity contribution in [2.75, 3.05) is 20.2 Å². The highest BCUT2D eigenvalue weighted by Gasteiger charge is 2.45. The van der Waals surface area contributed by atoms with Crippen LogP contribution in [0.25, 0.3) is 0 Å². The molecule has 6 nitrogen and oxygen atoms in total. The molecule has 0 saturated carbocycles. The molecule has 1 aromatic heterocycles. The van der Waals surface area contributed by atoms with Crippen LogP contribution in [-0.2, 0) is 21.5 Å². The quantitative estimate of drug-likeness (QED) is 0.595. The molecule has 160 valence electrons. The van der Waals surface area contributed by atoms with E-state index in [9.17, 15) is 9.59 Å². The Morgan fingerprint density at radius 2 is 1.61 bits per heavy atom. The zero-order valence-corrected chi connectivity index (χ0v) is 18.0. The molecule has 2 heterocycles. The first-order valence-corrected chi connectivity index (χ1v) is 10.5. The number of ether oxygens (including phenoxy) is 1. The molecule has 1 aliphatic rings. The van der Waals surface area contributed by atoms with Crippen LogP contribution < -0.4 is 0 Å². The fourth-order valence-corrected chi connectivity index (χ4v) is 4.40. The van der Waals surface area contributed by atoms with Crippen LogP contribution >= 0.6 is 0 Å². The van der Waals surface area contributed by atoms with Crippen molar-refractivity contribution in [2.24, 2.45) is 0 Å². The molecule has 1 saturated heterocycles. The Kier molecular flexibility index (Phi) is 5.89. The third-order valence-electron chi connectivity index (χ3n) is 6.32. The number of rotatable bonds is 5. The maximum atomic E-state index is 13.2. The van der Waals surface area contributed by atoms with E-state index in [0.717, 1.165) is 16.8 Å². The van der Waals surface area contributed by atoms with Gasteiger partial charge < -0.3 is 9.64 Å². The van der Waals surface area contributed by atoms with Crippen molar-refractivity contribution in [3.8, 4) is 0 Å². The van der Waals surface area contributed by atoms with Gasteiger partial charge in [-0.25, -0.2) is 0 Å². The van der Waals surface area contributed by atoms with Gasteiger partial charge in [-0.2, -0.15) is 5.10 Å². The highest BCUT2D eigenvalue weighted by molar-refractivity contribution is 5.95. The van der Waals surface area contributed by atoms with Gasteiger partial charge in [0.2, 0.25) is 0 Å². The minimum Gasteiger partial charge on any atom is -0.468 e. The molecule has 0 N–H and O–H groups in total. The molecular weight excluding hydrogens is 390 g/mol. The fraction of sp³-hybridized carbons (Fsp3) is 0.320. The lowest BCUT2D eigenvalue weighted by atomic mass is 9.72. The van der Waals surface area contributed by atoms with Crippen molar-refractivity contribution < 1.29 is 14.3 Å². The van der Waals surface area contributed by atoms with Gasteiger partial charge >= 0.3 is 5.97 Å². The summed E-state index contributed by atoms with van der Waals surface area (Å²) in [6, 6.07) is 19.8. The van der Waals surface area contributed by atoms with Gasteiger partial charge in [0.05, 0.1) is 30.8 Å². The molecule has 0 bridgehead atoms. The number of hydrogen-bond acceptors (Lipinski definition) is 4. The fourth-order valence-electron chi connectivity index (χ4n) is 4.40. The van der Waals surface area contributed by atoms with E-state index in [0.29, 0.717) is 38.0 Å². The van der Waals surface area contributed by atoms with E-state index >= 15 is 0 Å². The van der Waals surface area contributed by atoms with Crippen LogP contribution in [0.15, 0.2) is 66.9 Å². The molecule has 1 amide bonds. The van der Waals surface area contributed by atoms with Crippen molar-refractivity contribution in [2.45, 2.75) is 31.7 Å². The molecule has 4 rings (SSSR count). The summed E-state index contributed by atoms with van der Waals surface area (Å²) in [7, 11) is 1.43. The molecule has 3 aromatic rings. The second-order valence-electron chi connectivity index (χ2n) is 8.02. The van der Waals surface area contributed by atoms with Gasteiger partial charge in [0.1, 0.15) is 0 Å². The summed E-state index contributed by atoms with van der Waals surface area (Å²) in [6.07, 6.45) is 2.72. The lowest BCUT2D eigenvalue weighted by molar-refractivity contribution is -0.149. The van der Waals surface area contributed by atoms with Gasteiger partial charge in [-0.05, 0) is 30.9 Å². The molecule has 31 heavy (non-hydrogen) atoms. The number of aromatic nitrogens is 2. The number of piperidine rings is 1. The van der Waals surface area contributed by atoms with Crippen LogP contribution in [0.3, 0.4) is 0 Å². The average Bonchev–Trinajstić information content (AvgIpc) is 3.19. The second-order valence-corrected chi connectivity index (χ2v) is 8.02. The molecular formula is C25H27N3O3. The predicted molar refractivity (Wildman–Crippen MR) is 118 cm³/mol. The minimum absolute atomic E-state index is 0.0386. The van der Waals surface area contributed by atoms with Gasteiger partial charge in [0.15, 0.2) is 0 Å². The first kappa shape index (κ1) is 20.8. The van der Waals surface area contributed by atoms with Crippen LogP contribution in [0.1, 0.15) is 40.0 Å². The molecule has 6 heteroatoms. The number of methoxy groups -OCH3 is 1. The molecule has 1 fully saturated rings. The standard InChI is InChI=1S/C25H27N3O3/c1-19-22(17-26-28(19)18-20-9-5-3-6-10-20)23(29)27-15-13-25(14-16-27,24(30)31-2)21-11-7-4-8-12-21/h3-12,17H,13-16,18H2,1-2H3. The Morgan fingerprint density at radius 1 is 1.00 bits per heavy atom. The predicted octanol–water partition coefficient (Wildman–Crippen LogP) is 3.59. The Balaban J connectivity index is 1.50. The maximum absolute atomic E-state index is 13.2. The van der Waals surface area contributed by atoms with E-state index in [1.807, 2.05) is 77.2 Å². The first-order valence-electron chi connectivity index (χ1n) is 10.5. The molecule has 0 aliphatic carbocycles. The Morgan fingerprint density at radius 3 is 2.23 bits per heavy atom. The number of hydrogen-bond donors (Lipinski definition) is 0. The first-order chi connectivity index (χ1) is 15.0. The number of likely N-dealkylation sites (tertiary alicyclic amines) is 1. The normalized spacial score (nSPS) is 15.5. The van der Waals surface area contributed by atoms with Crippen LogP contribution in [0.5, 0.6) is 0 Å². The topological polar surface area (TPSA) is 64.4 Å². The number of carbonyl (C=O) groups excluding carboxylic acids is 2. The number of nitrogens with zero attached hydrogens (tertiary/aromatic N) is 3. The van der Waals surface area contributed by atoms with Crippen molar-refractivity contribution >= 4 is 11.9 Å². The van der Waals surface area contributed by atoms with Gasteiger partial charge in [-0.3, -0.25) is 14.3 Å². The lowest BCUT2D eigenvalue weighted by Gasteiger charge is -2.40. The molecule has 2 aromatic carbocycles. The van der Waals surface area contributed by atoms with E-state index < -0.39 is 5.41 Å². The Bertz CT molecular complexity index is 1050. The molecule has 1 aliphatic heterocycles. The van der Waals surface area contributed by atoms with E-state index in [1.165, 1.54) is 7.11 Å². The lowest BCUT2D eigenvalue weighted by Crippen LogP contribution is -2.49. The molecule has 0 spiro atoms. The molecule has 0 radical (unpaired) electrons. The second kappa shape index (κ2) is 8.76. The average molecular weight is 418 g/mol. The smallest absolute Gasteiger partial charge is 0.316 e. The number of amides is 1. The van der Waals surface area contributed by atoms with E-state index in [1.54, 1.807) is 6.20 Å². The van der Waals surface area contributed by atoms with Gasteiger partial charge in [-0.15, -0.1) is 0 Å². The van der Waals surface area contributed by atoms with E-state index in [-0.39, 0.29) is 11.9 Å². The van der Waals surface area contributed by atoms with Crippen molar-refractivity contribution in [3.05, 3.63) is 89.2 Å². The van der Waals surface area contributed by atoms with Crippen LogP contribution in [0, 0.1) is 6.92 Å². The summed E-state index contributed by atoms with van der Waals surface area (Å²) in [5, 5.41) is 4.44. The maximum Gasteiger partial charge on any atom is 0.316 e. The SMILES string of the molecule is COC(=O)C1(c2ccccc2)CCN(C(=O)c2cnn(Cc3ccccc3)c2C)CC1. The highest BCUT2D eigenvalue weighted by Crippen LogP contribution is 2.37. The highest BCUT2D eigenvalue weighted by atomic mass is 16.5. The van der Waals surface area contributed by atoms with Gasteiger partial charge in [-0.1, -0.05) is 60.7 Å². The van der Waals surface area contributed by atoms with E-state index in [2.05, 4.69) is 5.10 Å². The molecule has 0 unspecified atom stereocenters. The van der Waals surface area contributed by atoms with Crippen molar-refractivity contribution in [1.29, 1.82) is 0 Å². The van der Waals surface area contributed by atoms with Crippen LogP contribution in [-0.4, -0.2) is 46.8 Å². The summed E-state index contributed by atoms with van der Waals surface area (Å²) in [5.41, 5.74) is 2.83. The molecule has 0 atom stereocenters. The third kappa shape index (κ3) is 3.98. The monoisotopic (exact) mass is 417 g/mol. The number of benzene rings is 2. The summed E-state index contributed by atoms with van der Waals surface area (Å²) >= 11 is 0.